The molecule has 2 aromatic carbocycles. The highest BCUT2D eigenvalue weighted by molar-refractivity contribution is 7.71. The molecule has 0 bridgehead atoms. The molecule has 0 radical (unpaired) electrons. The summed E-state index contributed by atoms with van der Waals surface area (Å²) in [5.74, 6) is 2.52. The number of rotatable bonds is 8. The standard InChI is InChI=1S/C20H20N4O3S/c1-4-10-27-16-7-5-6-14(11-16)13-21-24-19(22-23-20(24)28)15-8-9-17(25-2)18(12-15)26-3/h4-9,11-13H,1,10H2,2-3H3,(H,23,28)/b21-13-. The zero-order chi connectivity index (χ0) is 19.9. The van der Waals surface area contributed by atoms with Crippen molar-refractivity contribution >= 4 is 18.4 Å². The topological polar surface area (TPSA) is 73.7 Å². The molecule has 0 aliphatic carbocycles. The van der Waals surface area contributed by atoms with E-state index in [1.165, 1.54) is 0 Å². The zero-order valence-corrected chi connectivity index (χ0v) is 16.4. The molecule has 0 aliphatic rings. The maximum atomic E-state index is 5.55. The summed E-state index contributed by atoms with van der Waals surface area (Å²) in [6.45, 7) is 4.09. The molecule has 0 unspecified atom stereocenters. The first-order valence-corrected chi connectivity index (χ1v) is 8.85. The van der Waals surface area contributed by atoms with Gasteiger partial charge in [0.25, 0.3) is 0 Å². The summed E-state index contributed by atoms with van der Waals surface area (Å²) in [6, 6.07) is 13.1. The Kier molecular flexibility index (Phi) is 6.23. The molecule has 1 heterocycles. The van der Waals surface area contributed by atoms with Gasteiger partial charge in [-0.2, -0.15) is 14.9 Å². The third kappa shape index (κ3) is 4.29. The number of H-pyrrole nitrogens is 1. The van der Waals surface area contributed by atoms with Gasteiger partial charge < -0.3 is 14.2 Å². The predicted molar refractivity (Wildman–Crippen MR) is 111 cm³/mol. The minimum Gasteiger partial charge on any atom is -0.493 e. The van der Waals surface area contributed by atoms with Crippen molar-refractivity contribution in [1.82, 2.24) is 14.9 Å². The zero-order valence-electron chi connectivity index (χ0n) is 15.6. The number of methoxy groups -OCH3 is 2. The van der Waals surface area contributed by atoms with E-state index in [1.807, 2.05) is 36.4 Å². The minimum absolute atomic E-state index is 0.375. The van der Waals surface area contributed by atoms with E-state index in [1.54, 1.807) is 37.3 Å². The van der Waals surface area contributed by atoms with Crippen molar-refractivity contribution in [2.24, 2.45) is 5.10 Å². The van der Waals surface area contributed by atoms with E-state index < -0.39 is 0 Å². The molecule has 0 saturated heterocycles. The summed E-state index contributed by atoms with van der Waals surface area (Å²) in [6.07, 6.45) is 3.39. The smallest absolute Gasteiger partial charge is 0.216 e. The third-order valence-electron chi connectivity index (χ3n) is 3.84. The fourth-order valence-electron chi connectivity index (χ4n) is 2.53. The van der Waals surface area contributed by atoms with Gasteiger partial charge in [-0.05, 0) is 48.1 Å². The Balaban J connectivity index is 1.93. The van der Waals surface area contributed by atoms with E-state index >= 15 is 0 Å². The first-order chi connectivity index (χ1) is 13.7. The molecule has 1 N–H and O–H groups in total. The number of hydrogen-bond acceptors (Lipinski definition) is 6. The highest BCUT2D eigenvalue weighted by Gasteiger charge is 2.12. The van der Waals surface area contributed by atoms with Crippen molar-refractivity contribution in [2.75, 3.05) is 20.8 Å². The van der Waals surface area contributed by atoms with Gasteiger partial charge in [-0.25, -0.2) is 5.10 Å². The lowest BCUT2D eigenvalue weighted by molar-refractivity contribution is 0.355. The maximum Gasteiger partial charge on any atom is 0.216 e. The molecule has 0 saturated carbocycles. The fourth-order valence-corrected chi connectivity index (χ4v) is 2.70. The highest BCUT2D eigenvalue weighted by atomic mass is 32.1. The van der Waals surface area contributed by atoms with Crippen molar-refractivity contribution in [3.05, 3.63) is 65.5 Å². The quantitative estimate of drug-likeness (QED) is 0.353. The van der Waals surface area contributed by atoms with Crippen LogP contribution in [-0.4, -0.2) is 41.9 Å². The second kappa shape index (κ2) is 9.01. The molecule has 8 heteroatoms. The number of nitrogens with zero attached hydrogens (tertiary/aromatic N) is 3. The first-order valence-electron chi connectivity index (χ1n) is 8.44. The molecule has 0 aliphatic heterocycles. The molecule has 1 aromatic heterocycles. The summed E-state index contributed by atoms with van der Waals surface area (Å²) < 4.78 is 18.1. The summed E-state index contributed by atoms with van der Waals surface area (Å²) >= 11 is 5.32. The molecular formula is C20H20N4O3S. The summed E-state index contributed by atoms with van der Waals surface area (Å²) in [5.41, 5.74) is 1.65. The summed E-state index contributed by atoms with van der Waals surface area (Å²) in [7, 11) is 3.17. The van der Waals surface area contributed by atoms with Gasteiger partial charge in [0.05, 0.1) is 20.4 Å². The number of hydrogen-bond donors (Lipinski definition) is 1. The molecule has 0 spiro atoms. The molecule has 3 aromatic rings. The van der Waals surface area contributed by atoms with Crippen LogP contribution in [0.25, 0.3) is 11.4 Å². The van der Waals surface area contributed by atoms with Crippen LogP contribution >= 0.6 is 12.2 Å². The van der Waals surface area contributed by atoms with E-state index in [0.29, 0.717) is 28.7 Å². The second-order valence-corrected chi connectivity index (χ2v) is 6.04. The lowest BCUT2D eigenvalue weighted by atomic mass is 10.2. The molecular weight excluding hydrogens is 376 g/mol. The largest absolute Gasteiger partial charge is 0.493 e. The average Bonchev–Trinajstić information content (AvgIpc) is 3.10. The molecule has 3 rings (SSSR count). The van der Waals surface area contributed by atoms with Crippen molar-refractivity contribution in [2.45, 2.75) is 0 Å². The summed E-state index contributed by atoms with van der Waals surface area (Å²) in [5, 5.41) is 11.5. The van der Waals surface area contributed by atoms with E-state index in [2.05, 4.69) is 21.9 Å². The van der Waals surface area contributed by atoms with E-state index in [4.69, 9.17) is 26.4 Å². The van der Waals surface area contributed by atoms with Gasteiger partial charge in [0.15, 0.2) is 17.3 Å². The Morgan fingerprint density at radius 2 is 2.00 bits per heavy atom. The van der Waals surface area contributed by atoms with Crippen LogP contribution < -0.4 is 14.2 Å². The van der Waals surface area contributed by atoms with Gasteiger partial charge >= 0.3 is 0 Å². The van der Waals surface area contributed by atoms with Crippen molar-refractivity contribution < 1.29 is 14.2 Å². The third-order valence-corrected chi connectivity index (χ3v) is 4.10. The second-order valence-electron chi connectivity index (χ2n) is 5.65. The van der Waals surface area contributed by atoms with Crippen LogP contribution in [-0.2, 0) is 0 Å². The van der Waals surface area contributed by atoms with E-state index in [-0.39, 0.29) is 0 Å². The molecule has 7 nitrogen and oxygen atoms in total. The monoisotopic (exact) mass is 396 g/mol. The fraction of sp³-hybridized carbons (Fsp3) is 0.150. The van der Waals surface area contributed by atoms with Crippen LogP contribution in [0, 0.1) is 4.77 Å². The van der Waals surface area contributed by atoms with Gasteiger partial charge in [0.1, 0.15) is 12.4 Å². The first kappa shape index (κ1) is 19.4. The molecule has 0 amide bonds. The molecule has 144 valence electrons. The molecule has 0 fully saturated rings. The lowest BCUT2D eigenvalue weighted by Crippen LogP contribution is -1.97. The summed E-state index contributed by atoms with van der Waals surface area (Å²) in [4.78, 5) is 0. The SMILES string of the molecule is C=CCOc1cccc(/C=N\n2c(-c3ccc(OC)c(OC)c3)n[nH]c2=S)c1. The Morgan fingerprint density at radius 3 is 2.75 bits per heavy atom. The lowest BCUT2D eigenvalue weighted by Gasteiger charge is -2.09. The Bertz CT molecular complexity index is 1060. The number of aromatic amines is 1. The van der Waals surface area contributed by atoms with Crippen molar-refractivity contribution in [3.8, 4) is 28.6 Å². The molecule has 0 atom stereocenters. The van der Waals surface area contributed by atoms with Crippen molar-refractivity contribution in [1.29, 1.82) is 0 Å². The predicted octanol–water partition coefficient (Wildman–Crippen LogP) is 4.07. The normalized spacial score (nSPS) is 10.8. The van der Waals surface area contributed by atoms with Crippen molar-refractivity contribution in [3.63, 3.8) is 0 Å². The molecule has 28 heavy (non-hydrogen) atoms. The van der Waals surface area contributed by atoms with Crippen LogP contribution in [0.1, 0.15) is 5.56 Å². The van der Waals surface area contributed by atoms with Gasteiger partial charge in [-0.3, -0.25) is 0 Å². The Morgan fingerprint density at radius 1 is 1.18 bits per heavy atom. The van der Waals surface area contributed by atoms with Crippen LogP contribution in [0.4, 0.5) is 0 Å². The average molecular weight is 396 g/mol. The number of nitrogens with one attached hydrogen (secondary N) is 1. The maximum absolute atomic E-state index is 5.55. The van der Waals surface area contributed by atoms with Gasteiger partial charge in [0, 0.05) is 5.56 Å². The van der Waals surface area contributed by atoms with Gasteiger partial charge in [-0.15, -0.1) is 0 Å². The van der Waals surface area contributed by atoms with Crippen LogP contribution in [0.3, 0.4) is 0 Å². The Labute approximate surface area is 167 Å². The van der Waals surface area contributed by atoms with Crippen LogP contribution in [0.5, 0.6) is 17.2 Å². The van der Waals surface area contributed by atoms with E-state index in [0.717, 1.165) is 16.9 Å². The minimum atomic E-state index is 0.375. The Hall–Kier alpha value is -3.39. The van der Waals surface area contributed by atoms with Gasteiger partial charge in [0.2, 0.25) is 4.77 Å². The highest BCUT2D eigenvalue weighted by Crippen LogP contribution is 2.31. The van der Waals surface area contributed by atoms with Crippen LogP contribution in [0.15, 0.2) is 60.2 Å². The number of aromatic nitrogens is 3. The van der Waals surface area contributed by atoms with E-state index in [9.17, 15) is 0 Å². The number of benzene rings is 2. The van der Waals surface area contributed by atoms with Crippen LogP contribution in [0.2, 0.25) is 0 Å². The van der Waals surface area contributed by atoms with Gasteiger partial charge in [-0.1, -0.05) is 24.8 Å². The number of ether oxygens (including phenoxy) is 3.